The van der Waals surface area contributed by atoms with Crippen molar-refractivity contribution >= 4 is 50.5 Å². The fourth-order valence-electron chi connectivity index (χ4n) is 4.48. The molecule has 1 fully saturated rings. The Morgan fingerprint density at radius 2 is 1.94 bits per heavy atom. The molecule has 1 aliphatic heterocycles. The number of aliphatic hydroxyl groups excluding tert-OH is 1. The van der Waals surface area contributed by atoms with E-state index in [1.54, 1.807) is 6.20 Å². The maximum Gasteiger partial charge on any atom is 0.226 e. The summed E-state index contributed by atoms with van der Waals surface area (Å²) in [6.45, 7) is 7.44. The van der Waals surface area contributed by atoms with Gasteiger partial charge in [-0.1, -0.05) is 101 Å². The number of aromatic nitrogens is 1. The van der Waals surface area contributed by atoms with E-state index in [9.17, 15) is 5.11 Å². The molecule has 5 nitrogen and oxygen atoms in total. The second-order valence-corrected chi connectivity index (χ2v) is 16.0. The minimum atomic E-state index is -0.302. The third-order valence-electron chi connectivity index (χ3n) is 6.75. The van der Waals surface area contributed by atoms with Crippen LogP contribution in [0.3, 0.4) is 0 Å². The molecule has 35 heavy (non-hydrogen) atoms. The zero-order valence-electron chi connectivity index (χ0n) is 20.4. The van der Waals surface area contributed by atoms with Gasteiger partial charge in [0.25, 0.3) is 0 Å². The van der Waals surface area contributed by atoms with Crippen molar-refractivity contribution in [1.29, 1.82) is 0 Å². The minimum Gasteiger partial charge on any atom is -0.471 e. The summed E-state index contributed by atoms with van der Waals surface area (Å²) in [5, 5.41) is 9.87. The van der Waals surface area contributed by atoms with Crippen LogP contribution in [0.2, 0.25) is 0 Å². The molecule has 1 N–H and O–H groups in total. The summed E-state index contributed by atoms with van der Waals surface area (Å²) in [6, 6.07) is 16.3. The van der Waals surface area contributed by atoms with Gasteiger partial charge in [0.15, 0.2) is 7.88 Å². The van der Waals surface area contributed by atoms with Crippen LogP contribution in [0.4, 0.5) is 0 Å². The van der Waals surface area contributed by atoms with E-state index in [1.807, 2.05) is 30.3 Å². The molecule has 1 atom stereocenters. The van der Waals surface area contributed by atoms with Crippen LogP contribution in [0.15, 0.2) is 59.1 Å². The number of benzene rings is 2. The van der Waals surface area contributed by atoms with E-state index in [2.05, 4.69) is 51.0 Å². The van der Waals surface area contributed by atoms with Crippen molar-refractivity contribution < 1.29 is 14.3 Å². The number of alkyl halides is 2. The maximum atomic E-state index is 9.87. The topological polar surface area (TPSA) is 58.7 Å². The quantitative estimate of drug-likeness (QED) is 0.189. The third-order valence-corrected chi connectivity index (χ3v) is 13.1. The molecule has 7 heteroatoms. The Bertz CT molecular complexity index is 1140. The molecule has 2 aromatic carbocycles. The van der Waals surface area contributed by atoms with Gasteiger partial charge in [0, 0.05) is 36.4 Å². The summed E-state index contributed by atoms with van der Waals surface area (Å²) in [6.07, 6.45) is 4.10. The molecule has 2 heterocycles. The second kappa shape index (κ2) is 12.2. The number of halogens is 2. The van der Waals surface area contributed by atoms with Crippen molar-refractivity contribution in [3.8, 4) is 28.5 Å². The van der Waals surface area contributed by atoms with Gasteiger partial charge in [-0.2, -0.15) is 0 Å². The van der Waals surface area contributed by atoms with Crippen LogP contribution in [-0.4, -0.2) is 45.8 Å². The maximum absolute atomic E-state index is 9.87. The van der Waals surface area contributed by atoms with Crippen molar-refractivity contribution in [1.82, 2.24) is 9.88 Å². The summed E-state index contributed by atoms with van der Waals surface area (Å²) >= 11 is -0.603. The molecule has 188 valence electrons. The lowest BCUT2D eigenvalue weighted by Crippen LogP contribution is -2.42. The number of rotatable bonds is 10. The number of piperidine rings is 1. The number of nitrogens with zero attached hydrogens (tertiary/aromatic N) is 2. The van der Waals surface area contributed by atoms with Crippen LogP contribution in [0, 0.1) is 11.3 Å². The molecule has 0 spiro atoms. The summed E-state index contributed by atoms with van der Waals surface area (Å²) in [7, 11) is 0. The van der Waals surface area contributed by atoms with Gasteiger partial charge in [-0.25, -0.2) is 4.98 Å². The first-order valence-corrected chi connectivity index (χ1v) is 17.4. The number of oxazole rings is 1. The molecule has 1 aromatic heterocycles. The summed E-state index contributed by atoms with van der Waals surface area (Å²) in [5.41, 5.74) is 3.02. The summed E-state index contributed by atoms with van der Waals surface area (Å²) in [4.78, 5) is 7.05. The van der Waals surface area contributed by atoms with E-state index in [-0.39, 0.29) is 55.6 Å². The van der Waals surface area contributed by atoms with Gasteiger partial charge in [0.05, 0.1) is 6.20 Å². The molecular formula is C28H34I2N2O3. The highest BCUT2D eigenvalue weighted by Gasteiger charge is 2.33. The Morgan fingerprint density at radius 3 is 2.66 bits per heavy atom. The SMILES string of the molecule is C=IC(Oc1cc(-c2ncc(-c3ccccc3)o2)ccc1CN1CCC[C@H](C(C)(C)CO)C1)I=C. The highest BCUT2D eigenvalue weighted by Crippen LogP contribution is 2.37. The van der Waals surface area contributed by atoms with E-state index in [4.69, 9.17) is 9.15 Å². The smallest absolute Gasteiger partial charge is 0.226 e. The monoisotopic (exact) mass is 700 g/mol. The summed E-state index contributed by atoms with van der Waals surface area (Å²) in [5.74, 6) is 2.72. The van der Waals surface area contributed by atoms with Crippen molar-refractivity contribution in [2.45, 2.75) is 35.4 Å². The van der Waals surface area contributed by atoms with Crippen LogP contribution >= 0.6 is 41.5 Å². The van der Waals surface area contributed by atoms with Crippen molar-refractivity contribution in [3.05, 3.63) is 60.3 Å². The predicted molar refractivity (Wildman–Crippen MR) is 163 cm³/mol. The number of aliphatic hydroxyl groups is 1. The third kappa shape index (κ3) is 6.67. The normalized spacial score (nSPS) is 17.1. The number of hydrogen-bond acceptors (Lipinski definition) is 5. The molecular weight excluding hydrogens is 666 g/mol. The van der Waals surface area contributed by atoms with Crippen molar-refractivity contribution in [2.24, 2.45) is 11.3 Å². The fraction of sp³-hybridized carbons (Fsp3) is 0.393. The van der Waals surface area contributed by atoms with Crippen LogP contribution in [-0.2, 0) is 6.54 Å². The Balaban J connectivity index is 1.60. The van der Waals surface area contributed by atoms with E-state index in [0.717, 1.165) is 48.7 Å². The lowest BCUT2D eigenvalue weighted by molar-refractivity contribution is 0.0380. The summed E-state index contributed by atoms with van der Waals surface area (Å²) < 4.78 is 21.1. The van der Waals surface area contributed by atoms with E-state index in [0.29, 0.717) is 11.8 Å². The zero-order chi connectivity index (χ0) is 24.8. The number of hydrogen-bond donors (Lipinski definition) is 1. The average Bonchev–Trinajstić information content (AvgIpc) is 3.39. The predicted octanol–water partition coefficient (Wildman–Crippen LogP) is 6.71. The zero-order valence-corrected chi connectivity index (χ0v) is 24.7. The van der Waals surface area contributed by atoms with Gasteiger partial charge in [-0.15, -0.1) is 0 Å². The van der Waals surface area contributed by atoms with Crippen molar-refractivity contribution in [2.75, 3.05) is 19.7 Å². The average molecular weight is 700 g/mol. The van der Waals surface area contributed by atoms with Gasteiger partial charge in [-0.05, 0) is 42.9 Å². The van der Waals surface area contributed by atoms with Crippen LogP contribution in [0.25, 0.3) is 22.8 Å². The van der Waals surface area contributed by atoms with Gasteiger partial charge in [-0.3, -0.25) is 4.90 Å². The molecule has 3 aromatic rings. The second-order valence-electron chi connectivity index (χ2n) is 9.63. The highest BCUT2D eigenvalue weighted by molar-refractivity contribution is 14.3. The van der Waals surface area contributed by atoms with Gasteiger partial charge in [0.1, 0.15) is 5.75 Å². The van der Waals surface area contributed by atoms with Gasteiger partial charge >= 0.3 is 0 Å². The standard InChI is InChI=1S/C28H34I2N2O3/c1-28(2,19-33)23-11-8-14-32(18-23)17-22-13-12-21(15-24(22)35-27(29-3)30-4)26-31-16-25(34-26)20-9-6-5-7-10-20/h5-7,9-10,12-13,15-16,23,27,33H,3-4,8,11,14,17-19H2,1-2H3/t23-/m0/s1. The Hall–Kier alpha value is -1.43. The number of likely N-dealkylation sites (tertiary alicyclic amines) is 1. The molecule has 4 rings (SSSR count). The van der Waals surface area contributed by atoms with E-state index >= 15 is 0 Å². The highest BCUT2D eigenvalue weighted by atomic mass is 127. The van der Waals surface area contributed by atoms with Crippen LogP contribution in [0.1, 0.15) is 32.3 Å². The Morgan fingerprint density at radius 1 is 1.17 bits per heavy atom. The molecule has 0 saturated carbocycles. The van der Waals surface area contributed by atoms with E-state index in [1.165, 1.54) is 12.0 Å². The first-order valence-electron chi connectivity index (χ1n) is 11.8. The van der Waals surface area contributed by atoms with Crippen molar-refractivity contribution in [3.63, 3.8) is 0 Å². The minimum absolute atomic E-state index is 0.0645. The molecule has 0 bridgehead atoms. The van der Waals surface area contributed by atoms with Crippen LogP contribution in [0.5, 0.6) is 5.75 Å². The largest absolute Gasteiger partial charge is 0.471 e. The first-order chi connectivity index (χ1) is 16.9. The molecule has 1 aliphatic rings. The molecule has 0 amide bonds. The van der Waals surface area contributed by atoms with Crippen LogP contribution < -0.4 is 4.74 Å². The Labute approximate surface area is 228 Å². The first kappa shape index (κ1) is 26.6. The van der Waals surface area contributed by atoms with E-state index < -0.39 is 0 Å². The Kier molecular flexibility index (Phi) is 9.29. The lowest BCUT2D eigenvalue weighted by atomic mass is 9.75. The number of ether oxygens (including phenoxy) is 1. The molecule has 0 unspecified atom stereocenters. The fourth-order valence-corrected chi connectivity index (χ4v) is 7.20. The molecule has 0 radical (unpaired) electrons. The van der Waals surface area contributed by atoms with Gasteiger partial charge in [0.2, 0.25) is 5.89 Å². The van der Waals surface area contributed by atoms with Gasteiger partial charge < -0.3 is 14.3 Å². The lowest BCUT2D eigenvalue weighted by Gasteiger charge is -2.40. The molecule has 0 aliphatic carbocycles. The molecule has 1 saturated heterocycles.